The van der Waals surface area contributed by atoms with Gasteiger partial charge in [-0.3, -0.25) is 14.4 Å². The number of nitrogens with one attached hydrogen (secondary N) is 1. The Balaban J connectivity index is 1.48. The molecule has 2 aromatic heterocycles. The molecule has 1 aliphatic carbocycles. The van der Waals surface area contributed by atoms with Crippen LogP contribution in [0, 0.1) is 0 Å². The Labute approximate surface area is 205 Å². The van der Waals surface area contributed by atoms with Gasteiger partial charge in [0.2, 0.25) is 11.2 Å². The van der Waals surface area contributed by atoms with Crippen molar-refractivity contribution in [2.75, 3.05) is 5.32 Å². The van der Waals surface area contributed by atoms with Gasteiger partial charge in [0.15, 0.2) is 11.9 Å². The average molecular weight is 489 g/mol. The number of nitrogens with two attached hydrogens (primary N) is 1. The summed E-state index contributed by atoms with van der Waals surface area (Å²) in [5.41, 5.74) is 7.67. The quantitative estimate of drug-likeness (QED) is 0.401. The molecule has 0 saturated heterocycles. The highest BCUT2D eigenvalue weighted by Gasteiger charge is 2.28. The van der Waals surface area contributed by atoms with Crippen molar-refractivity contribution in [1.29, 1.82) is 0 Å². The van der Waals surface area contributed by atoms with Gasteiger partial charge in [-0.25, -0.2) is 0 Å². The molecule has 1 unspecified atom stereocenters. The van der Waals surface area contributed by atoms with Crippen LogP contribution in [0.15, 0.2) is 63.8 Å². The lowest BCUT2D eigenvalue weighted by molar-refractivity contribution is -0.122. The number of hydrogen-bond acceptors (Lipinski definition) is 6. The van der Waals surface area contributed by atoms with Gasteiger partial charge >= 0.3 is 0 Å². The van der Waals surface area contributed by atoms with Gasteiger partial charge in [-0.05, 0) is 50.3 Å². The molecule has 0 bridgehead atoms. The predicted octanol–water partition coefficient (Wildman–Crippen LogP) is 4.91. The van der Waals surface area contributed by atoms with E-state index in [1.165, 1.54) is 11.3 Å². The van der Waals surface area contributed by atoms with Crippen molar-refractivity contribution >= 4 is 39.1 Å². The van der Waals surface area contributed by atoms with Crippen LogP contribution in [0.3, 0.4) is 0 Å². The summed E-state index contributed by atoms with van der Waals surface area (Å²) >= 11 is 1.38. The molecule has 178 valence electrons. The second-order valence-electron chi connectivity index (χ2n) is 8.48. The van der Waals surface area contributed by atoms with E-state index in [4.69, 9.17) is 14.9 Å². The minimum atomic E-state index is -1.04. The molecule has 8 heteroatoms. The van der Waals surface area contributed by atoms with Crippen LogP contribution < -0.4 is 21.2 Å². The summed E-state index contributed by atoms with van der Waals surface area (Å²) in [6.07, 6.45) is 2.61. The first-order valence-electron chi connectivity index (χ1n) is 11.5. The maximum absolute atomic E-state index is 13.3. The smallest absolute Gasteiger partial charge is 0.265 e. The number of para-hydroxylation sites is 1. The van der Waals surface area contributed by atoms with Gasteiger partial charge in [0.1, 0.15) is 10.6 Å². The maximum Gasteiger partial charge on any atom is 0.265 e. The topological polar surface area (TPSA) is 112 Å². The second-order valence-corrected chi connectivity index (χ2v) is 9.59. The Morgan fingerprint density at radius 1 is 1.06 bits per heavy atom. The van der Waals surface area contributed by atoms with E-state index in [9.17, 15) is 14.4 Å². The summed E-state index contributed by atoms with van der Waals surface area (Å²) in [4.78, 5) is 39.7. The Kier molecular flexibility index (Phi) is 6.13. The van der Waals surface area contributed by atoms with Crippen molar-refractivity contribution in [2.24, 2.45) is 5.73 Å². The number of amides is 2. The van der Waals surface area contributed by atoms with Crippen molar-refractivity contribution in [3.05, 3.63) is 80.8 Å². The number of rotatable bonds is 6. The summed E-state index contributed by atoms with van der Waals surface area (Å²) in [5, 5.41) is 3.59. The molecule has 1 atom stereocenters. The molecule has 0 aliphatic heterocycles. The van der Waals surface area contributed by atoms with E-state index in [1.54, 1.807) is 43.3 Å². The Bertz CT molecular complexity index is 1490. The Morgan fingerprint density at radius 2 is 1.77 bits per heavy atom. The first kappa shape index (κ1) is 22.9. The van der Waals surface area contributed by atoms with Gasteiger partial charge in [0.05, 0.1) is 10.9 Å². The summed E-state index contributed by atoms with van der Waals surface area (Å²) in [6, 6.07) is 16.0. The summed E-state index contributed by atoms with van der Waals surface area (Å²) < 4.78 is 12.0. The molecule has 0 saturated carbocycles. The number of thiophene rings is 1. The van der Waals surface area contributed by atoms with Crippen molar-refractivity contribution in [3.63, 3.8) is 0 Å². The second kappa shape index (κ2) is 9.38. The van der Waals surface area contributed by atoms with Gasteiger partial charge in [-0.15, -0.1) is 11.3 Å². The summed E-state index contributed by atoms with van der Waals surface area (Å²) in [6.45, 7) is 1.55. The summed E-state index contributed by atoms with van der Waals surface area (Å²) in [5.74, 6) is -0.844. The molecule has 5 rings (SSSR count). The molecule has 0 spiro atoms. The lowest BCUT2D eigenvalue weighted by Crippen LogP contribution is -2.32. The van der Waals surface area contributed by atoms with E-state index in [2.05, 4.69) is 5.32 Å². The van der Waals surface area contributed by atoms with Gasteiger partial charge in [-0.2, -0.15) is 0 Å². The number of ether oxygens (including phenoxy) is 1. The van der Waals surface area contributed by atoms with E-state index < -0.39 is 17.9 Å². The van der Waals surface area contributed by atoms with Gasteiger partial charge < -0.3 is 20.2 Å². The molecule has 2 aromatic carbocycles. The van der Waals surface area contributed by atoms with Gasteiger partial charge in [-0.1, -0.05) is 42.5 Å². The molecule has 7 nitrogen and oxygen atoms in total. The lowest BCUT2D eigenvalue weighted by atomic mass is 9.95. The number of benzene rings is 2. The lowest BCUT2D eigenvalue weighted by Gasteiger charge is -2.17. The SMILES string of the molecule is CC(Oc1c(-c2ccccc2)oc2ccccc2c1=O)C(=O)Nc1sc2c(c1C(N)=O)CCCC2. The monoisotopic (exact) mass is 488 g/mol. The highest BCUT2D eigenvalue weighted by molar-refractivity contribution is 7.17. The molecule has 2 amide bonds. The zero-order valence-electron chi connectivity index (χ0n) is 19.1. The van der Waals surface area contributed by atoms with Crippen LogP contribution in [0.4, 0.5) is 5.00 Å². The number of anilines is 1. The van der Waals surface area contributed by atoms with Crippen LogP contribution in [-0.4, -0.2) is 17.9 Å². The number of carbonyl (C=O) groups is 2. The molecule has 2 heterocycles. The first-order valence-corrected chi connectivity index (χ1v) is 12.3. The fourth-order valence-electron chi connectivity index (χ4n) is 4.37. The normalized spacial score (nSPS) is 13.7. The number of carbonyl (C=O) groups excluding carboxylic acids is 2. The van der Waals surface area contributed by atoms with Crippen molar-refractivity contribution in [1.82, 2.24) is 0 Å². The molecule has 4 aromatic rings. The zero-order valence-corrected chi connectivity index (χ0v) is 19.9. The largest absolute Gasteiger partial charge is 0.473 e. The van der Waals surface area contributed by atoms with Gasteiger partial charge in [0.25, 0.3) is 11.8 Å². The van der Waals surface area contributed by atoms with Crippen molar-refractivity contribution in [2.45, 2.75) is 38.7 Å². The predicted molar refractivity (Wildman–Crippen MR) is 136 cm³/mol. The van der Waals surface area contributed by atoms with Crippen molar-refractivity contribution < 1.29 is 18.7 Å². The van der Waals surface area contributed by atoms with Crippen LogP contribution >= 0.6 is 11.3 Å². The highest BCUT2D eigenvalue weighted by atomic mass is 32.1. The Morgan fingerprint density at radius 3 is 2.54 bits per heavy atom. The minimum absolute atomic E-state index is 0.0434. The third-order valence-corrected chi connectivity index (χ3v) is 7.32. The van der Waals surface area contributed by atoms with E-state index in [0.717, 1.165) is 36.1 Å². The third-order valence-electron chi connectivity index (χ3n) is 6.11. The number of primary amides is 1. The Hall–Kier alpha value is -3.91. The van der Waals surface area contributed by atoms with Crippen LogP contribution in [0.2, 0.25) is 0 Å². The van der Waals surface area contributed by atoms with E-state index in [1.807, 2.05) is 18.2 Å². The molecular formula is C27H24N2O5S. The molecular weight excluding hydrogens is 464 g/mol. The van der Waals surface area contributed by atoms with Crippen LogP contribution in [-0.2, 0) is 17.6 Å². The molecule has 1 aliphatic rings. The van der Waals surface area contributed by atoms with Crippen molar-refractivity contribution in [3.8, 4) is 17.1 Å². The van der Waals surface area contributed by atoms with E-state index >= 15 is 0 Å². The first-order chi connectivity index (χ1) is 16.9. The van der Waals surface area contributed by atoms with Gasteiger partial charge in [0, 0.05) is 10.4 Å². The number of aryl methyl sites for hydroxylation is 1. The zero-order chi connectivity index (χ0) is 24.5. The van der Waals surface area contributed by atoms with Crippen LogP contribution in [0.1, 0.15) is 40.6 Å². The molecule has 35 heavy (non-hydrogen) atoms. The molecule has 0 fully saturated rings. The molecule has 0 radical (unpaired) electrons. The van der Waals surface area contributed by atoms with Crippen LogP contribution in [0.5, 0.6) is 5.75 Å². The summed E-state index contributed by atoms with van der Waals surface area (Å²) in [7, 11) is 0. The third kappa shape index (κ3) is 4.33. The maximum atomic E-state index is 13.3. The highest BCUT2D eigenvalue weighted by Crippen LogP contribution is 2.38. The van der Waals surface area contributed by atoms with E-state index in [0.29, 0.717) is 27.1 Å². The minimum Gasteiger partial charge on any atom is -0.473 e. The fourth-order valence-corrected chi connectivity index (χ4v) is 5.67. The fraction of sp³-hybridized carbons (Fsp3) is 0.222. The average Bonchev–Trinajstić information content (AvgIpc) is 3.24. The number of fused-ring (bicyclic) bond motifs is 2. The molecule has 3 N–H and O–H groups in total. The standard InChI is InChI=1S/C27H24N2O5S/c1-15(26(32)29-27-21(25(28)31)18-12-6-8-14-20(18)35-27)33-24-22(30)17-11-5-7-13-19(17)34-23(24)16-9-3-2-4-10-16/h2-5,7,9-11,13,15H,6,8,12,14H2,1H3,(H2,28,31)(H,29,32). The number of hydrogen-bond donors (Lipinski definition) is 2. The van der Waals surface area contributed by atoms with E-state index in [-0.39, 0.29) is 16.9 Å². The van der Waals surface area contributed by atoms with Crippen LogP contribution in [0.25, 0.3) is 22.3 Å².